The third kappa shape index (κ3) is 5.94. The predicted molar refractivity (Wildman–Crippen MR) is 91.1 cm³/mol. The number of guanidine groups is 1. The van der Waals surface area contributed by atoms with Crippen molar-refractivity contribution in [2.75, 3.05) is 6.54 Å². The van der Waals surface area contributed by atoms with Gasteiger partial charge in [0.05, 0.1) is 6.54 Å². The van der Waals surface area contributed by atoms with Gasteiger partial charge in [0.2, 0.25) is 0 Å². The predicted octanol–water partition coefficient (Wildman–Crippen LogP) is 3.82. The van der Waals surface area contributed by atoms with Crippen molar-refractivity contribution in [3.8, 4) is 5.75 Å². The van der Waals surface area contributed by atoms with E-state index in [-0.39, 0.29) is 24.4 Å². The second-order valence-corrected chi connectivity index (χ2v) is 5.27. The van der Waals surface area contributed by atoms with E-state index in [2.05, 4.69) is 20.4 Å². The Labute approximate surface area is 148 Å². The minimum Gasteiger partial charge on any atom is -0.434 e. The van der Waals surface area contributed by atoms with E-state index >= 15 is 0 Å². The largest absolute Gasteiger partial charge is 0.434 e. The average Bonchev–Trinajstić information content (AvgIpc) is 2.60. The van der Waals surface area contributed by atoms with Crippen molar-refractivity contribution >= 4 is 5.96 Å². The van der Waals surface area contributed by atoms with Crippen LogP contribution in [0.2, 0.25) is 0 Å². The topological polar surface area (TPSA) is 45.7 Å². The number of hydrogen-bond donors (Lipinski definition) is 2. The van der Waals surface area contributed by atoms with Crippen molar-refractivity contribution in [1.82, 2.24) is 10.6 Å². The summed E-state index contributed by atoms with van der Waals surface area (Å²) in [5.41, 5.74) is 0.624. The van der Waals surface area contributed by atoms with Gasteiger partial charge in [-0.2, -0.15) is 8.78 Å². The van der Waals surface area contributed by atoms with Gasteiger partial charge >= 0.3 is 6.61 Å². The van der Waals surface area contributed by atoms with Gasteiger partial charge in [0.1, 0.15) is 17.4 Å². The molecule has 4 nitrogen and oxygen atoms in total. The standard InChI is InChI=1S/C18H19F4N3O/c1-2-23-18(25-11-13-9-14(19)7-8-15(13)20)24-10-12-5-3-4-6-16(12)26-17(21)22/h3-9,17H,2,10-11H2,1H3,(H2,23,24,25). The summed E-state index contributed by atoms with van der Waals surface area (Å²) in [6, 6.07) is 9.52. The Hall–Kier alpha value is -2.77. The zero-order valence-electron chi connectivity index (χ0n) is 14.1. The zero-order valence-corrected chi connectivity index (χ0v) is 14.1. The summed E-state index contributed by atoms with van der Waals surface area (Å²) >= 11 is 0. The number of aliphatic imine (C=N–C) groups is 1. The molecule has 2 aromatic rings. The van der Waals surface area contributed by atoms with Crippen molar-refractivity contribution < 1.29 is 22.3 Å². The van der Waals surface area contributed by atoms with Crippen LogP contribution < -0.4 is 15.4 Å². The van der Waals surface area contributed by atoms with E-state index in [9.17, 15) is 17.6 Å². The molecule has 0 saturated heterocycles. The van der Waals surface area contributed by atoms with Crippen LogP contribution in [0.4, 0.5) is 17.6 Å². The molecule has 8 heteroatoms. The monoisotopic (exact) mass is 369 g/mol. The average molecular weight is 369 g/mol. The highest BCUT2D eigenvalue weighted by atomic mass is 19.3. The molecule has 0 spiro atoms. The number of benzene rings is 2. The fraction of sp³-hybridized carbons (Fsp3) is 0.278. The summed E-state index contributed by atoms with van der Waals surface area (Å²) in [6.07, 6.45) is 0. The van der Waals surface area contributed by atoms with E-state index in [1.165, 1.54) is 6.07 Å². The first-order valence-corrected chi connectivity index (χ1v) is 7.98. The van der Waals surface area contributed by atoms with Crippen molar-refractivity contribution in [3.63, 3.8) is 0 Å². The molecular weight excluding hydrogens is 350 g/mol. The fourth-order valence-electron chi connectivity index (χ4n) is 2.21. The normalized spacial score (nSPS) is 11.5. The highest BCUT2D eigenvalue weighted by molar-refractivity contribution is 5.79. The maximum atomic E-state index is 13.7. The molecule has 0 saturated carbocycles. The molecule has 0 aliphatic rings. The van der Waals surface area contributed by atoms with Crippen LogP contribution >= 0.6 is 0 Å². The van der Waals surface area contributed by atoms with E-state index in [4.69, 9.17) is 0 Å². The van der Waals surface area contributed by atoms with Crippen molar-refractivity contribution in [2.24, 2.45) is 4.99 Å². The second-order valence-electron chi connectivity index (χ2n) is 5.27. The first kappa shape index (κ1) is 19.6. The van der Waals surface area contributed by atoms with Crippen LogP contribution in [0.1, 0.15) is 18.1 Å². The summed E-state index contributed by atoms with van der Waals surface area (Å²) in [7, 11) is 0. The van der Waals surface area contributed by atoms with Crippen LogP contribution in [0, 0.1) is 11.6 Å². The Morgan fingerprint density at radius 2 is 1.85 bits per heavy atom. The quantitative estimate of drug-likeness (QED) is 0.443. The number of rotatable bonds is 7. The van der Waals surface area contributed by atoms with Crippen molar-refractivity contribution in [3.05, 3.63) is 65.2 Å². The lowest BCUT2D eigenvalue weighted by molar-refractivity contribution is -0.0504. The number of hydrogen-bond acceptors (Lipinski definition) is 2. The summed E-state index contributed by atoms with van der Waals surface area (Å²) in [6.45, 7) is -0.455. The summed E-state index contributed by atoms with van der Waals surface area (Å²) in [5, 5.41) is 5.90. The van der Waals surface area contributed by atoms with E-state index in [0.29, 0.717) is 18.1 Å². The number of nitrogens with one attached hydrogen (secondary N) is 2. The Bertz CT molecular complexity index is 753. The Morgan fingerprint density at radius 3 is 2.58 bits per heavy atom. The van der Waals surface area contributed by atoms with Gasteiger partial charge in [-0.25, -0.2) is 13.8 Å². The molecule has 0 bridgehead atoms. The molecule has 0 aliphatic carbocycles. The lowest BCUT2D eigenvalue weighted by Crippen LogP contribution is -2.36. The molecule has 26 heavy (non-hydrogen) atoms. The summed E-state index contributed by atoms with van der Waals surface area (Å²) in [4.78, 5) is 4.19. The summed E-state index contributed by atoms with van der Waals surface area (Å²) < 4.78 is 56.3. The minimum absolute atomic E-state index is 0.0574. The van der Waals surface area contributed by atoms with Gasteiger partial charge in [-0.3, -0.25) is 0 Å². The molecule has 2 N–H and O–H groups in total. The number of ether oxygens (including phenoxy) is 1. The third-order valence-electron chi connectivity index (χ3n) is 3.39. The van der Waals surface area contributed by atoms with Crippen LogP contribution in [0.15, 0.2) is 47.5 Å². The molecule has 0 unspecified atom stereocenters. The highest BCUT2D eigenvalue weighted by Crippen LogP contribution is 2.20. The van der Waals surface area contributed by atoms with Crippen molar-refractivity contribution in [2.45, 2.75) is 26.6 Å². The van der Waals surface area contributed by atoms with Crippen molar-refractivity contribution in [1.29, 1.82) is 0 Å². The van der Waals surface area contributed by atoms with E-state index in [1.807, 2.05) is 6.92 Å². The maximum Gasteiger partial charge on any atom is 0.387 e. The molecule has 0 aliphatic heterocycles. The lowest BCUT2D eigenvalue weighted by atomic mass is 10.2. The SMILES string of the molecule is CCNC(=NCc1cc(F)ccc1F)NCc1ccccc1OC(F)F. The Balaban J connectivity index is 2.07. The first-order valence-electron chi connectivity index (χ1n) is 7.98. The molecule has 0 radical (unpaired) electrons. The third-order valence-corrected chi connectivity index (χ3v) is 3.39. The van der Waals surface area contributed by atoms with Crippen LogP contribution in [-0.2, 0) is 13.1 Å². The minimum atomic E-state index is -2.92. The number of para-hydroxylation sites is 1. The van der Waals surface area contributed by atoms with E-state index in [0.717, 1.165) is 18.2 Å². The molecule has 0 amide bonds. The fourth-order valence-corrected chi connectivity index (χ4v) is 2.21. The van der Waals surface area contributed by atoms with E-state index in [1.54, 1.807) is 18.2 Å². The number of alkyl halides is 2. The number of halogens is 4. The van der Waals surface area contributed by atoms with Crippen LogP contribution in [0.25, 0.3) is 0 Å². The smallest absolute Gasteiger partial charge is 0.387 e. The zero-order chi connectivity index (χ0) is 18.9. The molecule has 0 aromatic heterocycles. The van der Waals surface area contributed by atoms with Gasteiger partial charge in [0.25, 0.3) is 0 Å². The van der Waals surface area contributed by atoms with E-state index < -0.39 is 18.2 Å². The molecule has 2 aromatic carbocycles. The van der Waals surface area contributed by atoms with Gasteiger partial charge in [0, 0.05) is 24.2 Å². The van der Waals surface area contributed by atoms with Crippen LogP contribution in [0.3, 0.4) is 0 Å². The van der Waals surface area contributed by atoms with Gasteiger partial charge in [-0.15, -0.1) is 0 Å². The lowest BCUT2D eigenvalue weighted by Gasteiger charge is -2.14. The van der Waals surface area contributed by atoms with Crippen LogP contribution in [-0.4, -0.2) is 19.1 Å². The van der Waals surface area contributed by atoms with Gasteiger partial charge in [0.15, 0.2) is 5.96 Å². The van der Waals surface area contributed by atoms with Crippen LogP contribution in [0.5, 0.6) is 5.75 Å². The molecule has 0 fully saturated rings. The molecule has 2 rings (SSSR count). The number of nitrogens with zero attached hydrogens (tertiary/aromatic N) is 1. The summed E-state index contributed by atoms with van der Waals surface area (Å²) in [5.74, 6) is -0.709. The van der Waals surface area contributed by atoms with Gasteiger partial charge < -0.3 is 15.4 Å². The van der Waals surface area contributed by atoms with Gasteiger partial charge in [-0.1, -0.05) is 18.2 Å². The molecule has 140 valence electrons. The molecular formula is C18H19F4N3O. The maximum absolute atomic E-state index is 13.7. The van der Waals surface area contributed by atoms with Gasteiger partial charge in [-0.05, 0) is 31.2 Å². The Morgan fingerprint density at radius 1 is 1.08 bits per heavy atom. The molecule has 0 heterocycles. The first-order chi connectivity index (χ1) is 12.5. The Kier molecular flexibility index (Phi) is 7.25. The second kappa shape index (κ2) is 9.65. The highest BCUT2D eigenvalue weighted by Gasteiger charge is 2.10. The molecule has 0 atom stereocenters.